The van der Waals surface area contributed by atoms with Crippen LogP contribution in [0.4, 0.5) is 0 Å². The number of carbonyl (C=O) groups is 2. The number of hydrogen-bond acceptors (Lipinski definition) is 2. The van der Waals surface area contributed by atoms with Crippen molar-refractivity contribution in [1.82, 2.24) is 4.90 Å². The van der Waals surface area contributed by atoms with Gasteiger partial charge in [0.1, 0.15) is 0 Å². The fraction of sp³-hybridized carbons (Fsp3) is 0.750. The first-order valence-corrected chi connectivity index (χ1v) is 7.57. The predicted octanol–water partition coefficient (Wildman–Crippen LogP) is 1.75. The molecule has 0 unspecified atom stereocenters. The molecule has 0 heterocycles. The van der Waals surface area contributed by atoms with Crippen molar-refractivity contribution in [3.8, 4) is 12.3 Å². The molecule has 4 saturated carbocycles. The molecular weight excluding hydrogens is 254 g/mol. The highest BCUT2D eigenvalue weighted by Gasteiger charge is 2.50. The molecule has 0 atom stereocenters. The number of carboxylic acids is 1. The molecule has 0 saturated heterocycles. The summed E-state index contributed by atoms with van der Waals surface area (Å²) in [4.78, 5) is 24.6. The highest BCUT2D eigenvalue weighted by atomic mass is 16.4. The van der Waals surface area contributed by atoms with Crippen LogP contribution in [0.5, 0.6) is 0 Å². The molecular formula is C16H21NO3. The molecule has 0 aromatic heterocycles. The second kappa shape index (κ2) is 5.12. The number of carbonyl (C=O) groups excluding carboxylic acids is 1. The molecule has 1 N–H and O–H groups in total. The van der Waals surface area contributed by atoms with Crippen LogP contribution in [-0.4, -0.2) is 34.5 Å². The molecule has 1 amide bonds. The van der Waals surface area contributed by atoms with E-state index in [4.69, 9.17) is 11.5 Å². The average molecular weight is 275 g/mol. The third kappa shape index (κ3) is 2.30. The van der Waals surface area contributed by atoms with Gasteiger partial charge in [-0.2, -0.15) is 0 Å². The predicted molar refractivity (Wildman–Crippen MR) is 73.6 cm³/mol. The Hall–Kier alpha value is -1.50. The van der Waals surface area contributed by atoms with Gasteiger partial charge in [-0.3, -0.25) is 9.59 Å². The van der Waals surface area contributed by atoms with Gasteiger partial charge >= 0.3 is 5.97 Å². The largest absolute Gasteiger partial charge is 0.481 e. The van der Waals surface area contributed by atoms with Crippen LogP contribution in [0.25, 0.3) is 0 Å². The summed E-state index contributed by atoms with van der Waals surface area (Å²) < 4.78 is 0. The van der Waals surface area contributed by atoms with Crippen molar-refractivity contribution in [3.63, 3.8) is 0 Å². The van der Waals surface area contributed by atoms with Crippen molar-refractivity contribution in [2.75, 3.05) is 6.54 Å². The lowest BCUT2D eigenvalue weighted by atomic mass is 9.54. The minimum absolute atomic E-state index is 0.0176. The third-order valence-corrected chi connectivity index (χ3v) is 5.49. The number of hydrogen-bond donors (Lipinski definition) is 1. The molecule has 0 spiro atoms. The smallest absolute Gasteiger partial charge is 0.305 e. The number of aliphatic carboxylic acids is 1. The average Bonchev–Trinajstić information content (AvgIpc) is 2.39. The van der Waals surface area contributed by atoms with Crippen molar-refractivity contribution in [2.45, 2.75) is 44.6 Å². The summed E-state index contributed by atoms with van der Waals surface area (Å²) in [5.41, 5.74) is 0. The van der Waals surface area contributed by atoms with Crippen molar-refractivity contribution in [3.05, 3.63) is 0 Å². The fourth-order valence-electron chi connectivity index (χ4n) is 5.09. The third-order valence-electron chi connectivity index (χ3n) is 5.49. The molecule has 4 aliphatic rings. The van der Waals surface area contributed by atoms with Crippen LogP contribution < -0.4 is 0 Å². The number of carboxylic acid groups (broad SMARTS) is 1. The van der Waals surface area contributed by atoms with Gasteiger partial charge in [0, 0.05) is 12.6 Å². The van der Waals surface area contributed by atoms with Crippen LogP contribution in [0.3, 0.4) is 0 Å². The van der Waals surface area contributed by atoms with Crippen molar-refractivity contribution in [1.29, 1.82) is 0 Å². The Kier molecular flexibility index (Phi) is 3.45. The second-order valence-corrected chi connectivity index (χ2v) is 6.71. The summed E-state index contributed by atoms with van der Waals surface area (Å²) in [6, 6.07) is 0.186. The molecule has 4 heteroatoms. The maximum atomic E-state index is 12.0. The standard InChI is InChI=1S/C16H21NO3/c1-2-14(18)17(4-3-15(19)20)16-12-6-10-5-11(8-12)9-13(16)7-10/h1,10-13,16H,3-9H2,(H,19,20). The summed E-state index contributed by atoms with van der Waals surface area (Å²) in [6.07, 6.45) is 11.4. The van der Waals surface area contributed by atoms with Crippen molar-refractivity contribution in [2.24, 2.45) is 23.7 Å². The molecule has 4 fully saturated rings. The van der Waals surface area contributed by atoms with Gasteiger partial charge in [-0.25, -0.2) is 0 Å². The van der Waals surface area contributed by atoms with Crippen molar-refractivity contribution >= 4 is 11.9 Å². The van der Waals surface area contributed by atoms with E-state index in [1.165, 1.54) is 32.1 Å². The van der Waals surface area contributed by atoms with Crippen LogP contribution in [0.1, 0.15) is 38.5 Å². The quantitative estimate of drug-likeness (QED) is 0.795. The zero-order valence-corrected chi connectivity index (χ0v) is 11.6. The van der Waals surface area contributed by atoms with Crippen LogP contribution in [0.2, 0.25) is 0 Å². The zero-order chi connectivity index (χ0) is 14.3. The minimum Gasteiger partial charge on any atom is -0.481 e. The highest BCUT2D eigenvalue weighted by Crippen LogP contribution is 2.55. The molecule has 4 nitrogen and oxygen atoms in total. The molecule has 0 aromatic carbocycles. The van der Waals surface area contributed by atoms with Gasteiger partial charge in [0.25, 0.3) is 5.91 Å². The molecule has 108 valence electrons. The maximum Gasteiger partial charge on any atom is 0.305 e. The Labute approximate surface area is 119 Å². The highest BCUT2D eigenvalue weighted by molar-refractivity contribution is 5.93. The van der Waals surface area contributed by atoms with Gasteiger partial charge in [0.15, 0.2) is 0 Å². The van der Waals surface area contributed by atoms with E-state index in [0.717, 1.165) is 11.8 Å². The number of nitrogens with zero attached hydrogens (tertiary/aromatic N) is 1. The van der Waals surface area contributed by atoms with Gasteiger partial charge in [-0.15, -0.1) is 6.42 Å². The Morgan fingerprint density at radius 3 is 2.10 bits per heavy atom. The minimum atomic E-state index is -0.872. The maximum absolute atomic E-state index is 12.0. The van der Waals surface area contributed by atoms with E-state index in [1.54, 1.807) is 4.90 Å². The molecule has 4 bridgehead atoms. The van der Waals surface area contributed by atoms with Crippen LogP contribution >= 0.6 is 0 Å². The Balaban J connectivity index is 1.78. The summed E-state index contributed by atoms with van der Waals surface area (Å²) in [7, 11) is 0. The van der Waals surface area contributed by atoms with E-state index in [1.807, 2.05) is 0 Å². The first-order chi connectivity index (χ1) is 9.58. The monoisotopic (exact) mass is 275 g/mol. The Morgan fingerprint density at radius 1 is 1.10 bits per heavy atom. The topological polar surface area (TPSA) is 57.6 Å². The van der Waals surface area contributed by atoms with Gasteiger partial charge in [-0.05, 0) is 61.7 Å². The molecule has 0 aliphatic heterocycles. The van der Waals surface area contributed by atoms with Crippen LogP contribution in [0, 0.1) is 36.0 Å². The molecule has 0 aromatic rings. The first-order valence-electron chi connectivity index (χ1n) is 7.57. The SMILES string of the molecule is C#CC(=O)N(CCC(=O)O)C1C2CC3CC(C2)CC1C3. The van der Waals surface area contributed by atoms with E-state index in [-0.39, 0.29) is 24.9 Å². The van der Waals surface area contributed by atoms with E-state index in [0.29, 0.717) is 11.8 Å². The van der Waals surface area contributed by atoms with Crippen molar-refractivity contribution < 1.29 is 14.7 Å². The molecule has 0 radical (unpaired) electrons. The molecule has 20 heavy (non-hydrogen) atoms. The van der Waals surface area contributed by atoms with Crippen LogP contribution in [-0.2, 0) is 9.59 Å². The summed E-state index contributed by atoms with van der Waals surface area (Å²) in [6.45, 7) is 0.255. The second-order valence-electron chi connectivity index (χ2n) is 6.71. The lowest BCUT2D eigenvalue weighted by Gasteiger charge is -2.56. The van der Waals surface area contributed by atoms with E-state index in [9.17, 15) is 9.59 Å². The lowest BCUT2D eigenvalue weighted by Crippen LogP contribution is -2.57. The number of amides is 1. The normalized spacial score (nSPS) is 37.5. The summed E-state index contributed by atoms with van der Waals surface area (Å²) >= 11 is 0. The fourth-order valence-corrected chi connectivity index (χ4v) is 5.09. The van der Waals surface area contributed by atoms with Gasteiger partial charge in [0.2, 0.25) is 0 Å². The first kappa shape index (κ1) is 13.5. The number of rotatable bonds is 4. The van der Waals surface area contributed by atoms with E-state index >= 15 is 0 Å². The Bertz CT molecular complexity index is 437. The van der Waals surface area contributed by atoms with Gasteiger partial charge in [-0.1, -0.05) is 0 Å². The zero-order valence-electron chi connectivity index (χ0n) is 11.6. The molecule has 4 rings (SSSR count). The van der Waals surface area contributed by atoms with E-state index < -0.39 is 5.97 Å². The summed E-state index contributed by atoms with van der Waals surface area (Å²) in [5, 5.41) is 8.88. The van der Waals surface area contributed by atoms with Gasteiger partial charge < -0.3 is 10.0 Å². The summed E-state index contributed by atoms with van der Waals surface area (Å²) in [5.74, 6) is 3.73. The molecule has 4 aliphatic carbocycles. The number of terminal acetylenes is 1. The van der Waals surface area contributed by atoms with Gasteiger partial charge in [0.05, 0.1) is 6.42 Å². The van der Waals surface area contributed by atoms with Crippen LogP contribution in [0.15, 0.2) is 0 Å². The lowest BCUT2D eigenvalue weighted by molar-refractivity contribution is -0.142. The van der Waals surface area contributed by atoms with E-state index in [2.05, 4.69) is 5.92 Å². The Morgan fingerprint density at radius 2 is 1.65 bits per heavy atom.